The van der Waals surface area contributed by atoms with Crippen LogP contribution in [-0.4, -0.2) is 82.7 Å². The minimum atomic E-state index is -3.03. The number of alkyl halides is 3. The number of pyridine rings is 1. The van der Waals surface area contributed by atoms with Crippen molar-refractivity contribution < 1.29 is 37.0 Å². The molecule has 0 radical (unpaired) electrons. The lowest BCUT2D eigenvalue weighted by molar-refractivity contribution is -0.138. The second kappa shape index (κ2) is 13.1. The number of benzene rings is 2. The lowest BCUT2D eigenvalue weighted by Crippen LogP contribution is -2.48. The number of ether oxygens (including phenoxy) is 1. The maximum atomic E-state index is 17.4. The van der Waals surface area contributed by atoms with Crippen LogP contribution < -0.4 is 14.5 Å². The summed E-state index contributed by atoms with van der Waals surface area (Å²) in [4.78, 5) is 42.5. The summed E-state index contributed by atoms with van der Waals surface area (Å²) in [5.41, 5.74) is 1.26. The first kappa shape index (κ1) is 34.1. The van der Waals surface area contributed by atoms with E-state index in [2.05, 4.69) is 15.0 Å². The van der Waals surface area contributed by atoms with Gasteiger partial charge in [0, 0.05) is 75.7 Å². The third-order valence-electron chi connectivity index (χ3n) is 9.97. The van der Waals surface area contributed by atoms with E-state index in [1.807, 2.05) is 43.3 Å². The van der Waals surface area contributed by atoms with Crippen molar-refractivity contribution in [2.75, 3.05) is 43.5 Å². The first-order chi connectivity index (χ1) is 24.3. The van der Waals surface area contributed by atoms with Crippen molar-refractivity contribution in [2.45, 2.75) is 50.9 Å². The Kier molecular flexibility index (Phi) is 8.72. The van der Waals surface area contributed by atoms with Crippen molar-refractivity contribution in [2.24, 2.45) is 5.92 Å². The highest BCUT2D eigenvalue weighted by atomic mass is 19.3. The minimum absolute atomic E-state index is 0.00287. The van der Waals surface area contributed by atoms with E-state index in [1.165, 1.54) is 11.8 Å². The van der Waals surface area contributed by atoms with E-state index in [9.17, 15) is 23.5 Å². The summed E-state index contributed by atoms with van der Waals surface area (Å²) in [6.45, 7) is 3.49. The number of hydrogen-bond acceptors (Lipinski definition) is 9. The van der Waals surface area contributed by atoms with Crippen LogP contribution in [0, 0.1) is 5.92 Å². The van der Waals surface area contributed by atoms with Crippen LogP contribution in [0.4, 0.5) is 24.7 Å². The monoisotopic (exact) mass is 702 g/mol. The quantitative estimate of drug-likeness (QED) is 0.189. The molecule has 0 bridgehead atoms. The van der Waals surface area contributed by atoms with Crippen LogP contribution >= 0.6 is 0 Å². The van der Waals surface area contributed by atoms with Crippen LogP contribution in [-0.2, 0) is 15.3 Å². The van der Waals surface area contributed by atoms with E-state index < -0.39 is 42.0 Å². The molecule has 4 atom stereocenters. The molecule has 14 heteroatoms. The standard InChI is InChI=1S/C37H37F3N6O5/c1-20-18-45(21(2)47)13-12-37(20,40)27-15-23(22-8-7-9-24(14-22)44(3)4)17-41-35(27)50-25-16-28(36(48)49)46(19-25)34-31-30(42-33(43-34)32(38)39)26-10-5-6-11-29(26)51-31/h5-11,14-15,17,20,25,28,32H,12-13,16,18-19H2,1-4H3,(H,48,49)/t20-,25-,28-,37+/m0/s1. The van der Waals surface area contributed by atoms with E-state index in [4.69, 9.17) is 9.15 Å². The molecule has 1 N–H and O–H groups in total. The number of amides is 1. The lowest BCUT2D eigenvalue weighted by Gasteiger charge is -2.41. The molecule has 0 spiro atoms. The van der Waals surface area contributed by atoms with E-state index in [0.29, 0.717) is 16.5 Å². The lowest BCUT2D eigenvalue weighted by atomic mass is 9.78. The average molecular weight is 703 g/mol. The van der Waals surface area contributed by atoms with Crippen molar-refractivity contribution in [3.8, 4) is 17.0 Å². The number of hydrogen-bond donors (Lipinski definition) is 1. The summed E-state index contributed by atoms with van der Waals surface area (Å²) in [7, 11) is 3.84. The second-order valence-electron chi connectivity index (χ2n) is 13.5. The Hall–Kier alpha value is -5.40. The maximum absolute atomic E-state index is 17.4. The van der Waals surface area contributed by atoms with Crippen molar-refractivity contribution in [3.63, 3.8) is 0 Å². The highest BCUT2D eigenvalue weighted by molar-refractivity contribution is 6.06. The number of furan rings is 1. The van der Waals surface area contributed by atoms with Gasteiger partial charge in [-0.05, 0) is 35.9 Å². The minimum Gasteiger partial charge on any atom is -0.480 e. The number of carbonyl (C=O) groups is 2. The zero-order valence-electron chi connectivity index (χ0n) is 28.5. The molecule has 3 aromatic heterocycles. The fourth-order valence-corrected chi connectivity index (χ4v) is 7.16. The molecule has 5 aromatic rings. The van der Waals surface area contributed by atoms with Gasteiger partial charge in [0.05, 0.1) is 12.1 Å². The van der Waals surface area contributed by atoms with Crippen LogP contribution in [0.15, 0.2) is 65.2 Å². The molecule has 0 saturated carbocycles. The molecule has 51 heavy (non-hydrogen) atoms. The van der Waals surface area contributed by atoms with Crippen LogP contribution in [0.3, 0.4) is 0 Å². The number of carbonyl (C=O) groups excluding carboxylic acids is 1. The maximum Gasteiger partial charge on any atom is 0.326 e. The van der Waals surface area contributed by atoms with Gasteiger partial charge < -0.3 is 29.0 Å². The fourth-order valence-electron chi connectivity index (χ4n) is 7.16. The first-order valence-electron chi connectivity index (χ1n) is 16.7. The van der Waals surface area contributed by atoms with Crippen molar-refractivity contribution in [3.05, 3.63) is 72.2 Å². The number of nitrogens with zero attached hydrogens (tertiary/aromatic N) is 6. The average Bonchev–Trinajstić information content (AvgIpc) is 3.71. The zero-order chi connectivity index (χ0) is 36.2. The molecule has 5 heterocycles. The predicted octanol–water partition coefficient (Wildman–Crippen LogP) is 6.61. The number of aliphatic carboxylic acids is 1. The summed E-state index contributed by atoms with van der Waals surface area (Å²) in [5, 5.41) is 10.8. The van der Waals surface area contributed by atoms with E-state index >= 15 is 4.39 Å². The third kappa shape index (κ3) is 6.16. The number of para-hydroxylation sites is 1. The molecule has 0 unspecified atom stereocenters. The van der Waals surface area contributed by atoms with Gasteiger partial charge in [0.15, 0.2) is 17.2 Å². The molecule has 2 aromatic carbocycles. The molecular weight excluding hydrogens is 665 g/mol. The fraction of sp³-hybridized carbons (Fsp3) is 0.378. The number of carboxylic acids is 1. The third-order valence-corrected chi connectivity index (χ3v) is 9.97. The van der Waals surface area contributed by atoms with Crippen molar-refractivity contribution in [1.82, 2.24) is 19.9 Å². The summed E-state index contributed by atoms with van der Waals surface area (Å²) >= 11 is 0. The van der Waals surface area contributed by atoms with Crippen LogP contribution in [0.5, 0.6) is 5.88 Å². The Morgan fingerprint density at radius 1 is 1.08 bits per heavy atom. The molecule has 2 aliphatic rings. The number of fused-ring (bicyclic) bond motifs is 3. The summed E-state index contributed by atoms with van der Waals surface area (Å²) < 4.78 is 58.0. The van der Waals surface area contributed by atoms with Crippen LogP contribution in [0.1, 0.15) is 44.5 Å². The molecule has 266 valence electrons. The molecule has 1 amide bonds. The highest BCUT2D eigenvalue weighted by Gasteiger charge is 2.47. The van der Waals surface area contributed by atoms with E-state index in [1.54, 1.807) is 48.4 Å². The van der Waals surface area contributed by atoms with Gasteiger partial charge in [-0.1, -0.05) is 31.2 Å². The molecule has 7 rings (SSSR count). The molecule has 2 aliphatic heterocycles. The number of halogens is 3. The van der Waals surface area contributed by atoms with Gasteiger partial charge in [-0.2, -0.15) is 0 Å². The summed E-state index contributed by atoms with van der Waals surface area (Å²) in [5.74, 6) is -2.85. The van der Waals surface area contributed by atoms with Gasteiger partial charge in [0.2, 0.25) is 11.8 Å². The normalized spacial score (nSPS) is 22.2. The topological polar surface area (TPSA) is 125 Å². The first-order valence-corrected chi connectivity index (χ1v) is 16.7. The Labute approximate surface area is 291 Å². The van der Waals surface area contributed by atoms with Gasteiger partial charge in [-0.15, -0.1) is 0 Å². The SMILES string of the molecule is CC(=O)N1CC[C@](F)(c2cc(-c3cccc(N(C)C)c3)cnc2O[C@H]2C[C@@H](C(=O)O)N(c3nc(C(F)F)nc4c3oc3ccccc34)C2)[C@@H](C)C1. The van der Waals surface area contributed by atoms with Gasteiger partial charge in [0.25, 0.3) is 6.43 Å². The van der Waals surface area contributed by atoms with Gasteiger partial charge in [-0.3, -0.25) is 4.79 Å². The van der Waals surface area contributed by atoms with Crippen LogP contribution in [0.25, 0.3) is 33.2 Å². The summed E-state index contributed by atoms with van der Waals surface area (Å²) in [6.07, 6.45) is -2.36. The molecular formula is C37H37F3N6O5. The van der Waals surface area contributed by atoms with Crippen LogP contribution in [0.2, 0.25) is 0 Å². The largest absolute Gasteiger partial charge is 0.480 e. The second-order valence-corrected chi connectivity index (χ2v) is 13.5. The predicted molar refractivity (Wildman–Crippen MR) is 185 cm³/mol. The van der Waals surface area contributed by atoms with Crippen molar-refractivity contribution >= 4 is 45.5 Å². The number of piperidine rings is 1. The highest BCUT2D eigenvalue weighted by Crippen LogP contribution is 2.46. The Morgan fingerprint density at radius 2 is 1.86 bits per heavy atom. The Morgan fingerprint density at radius 3 is 2.57 bits per heavy atom. The molecule has 2 saturated heterocycles. The number of aromatic nitrogens is 3. The Balaban J connectivity index is 1.28. The molecule has 2 fully saturated rings. The number of likely N-dealkylation sites (tertiary alicyclic amines) is 1. The Bertz CT molecular complexity index is 2140. The number of carboxylic acid groups (broad SMARTS) is 1. The number of rotatable bonds is 8. The zero-order valence-corrected chi connectivity index (χ0v) is 28.5. The molecule has 0 aliphatic carbocycles. The van der Waals surface area contributed by atoms with E-state index in [-0.39, 0.29) is 66.7 Å². The van der Waals surface area contributed by atoms with Gasteiger partial charge in [-0.25, -0.2) is 32.9 Å². The summed E-state index contributed by atoms with van der Waals surface area (Å²) in [6, 6.07) is 15.0. The van der Waals surface area contributed by atoms with Crippen molar-refractivity contribution in [1.29, 1.82) is 0 Å². The molecule has 11 nitrogen and oxygen atoms in total. The van der Waals surface area contributed by atoms with Gasteiger partial charge in [0.1, 0.15) is 28.9 Å². The van der Waals surface area contributed by atoms with Gasteiger partial charge >= 0.3 is 5.97 Å². The smallest absolute Gasteiger partial charge is 0.326 e. The van der Waals surface area contributed by atoms with E-state index in [0.717, 1.165) is 11.3 Å². The number of anilines is 2.